The third kappa shape index (κ3) is 15.6. The SMILES string of the molecule is C=C=C=C=C=C=C=C=C=C=C=C=C=C=C=C=C=CC(=O)OCC. The van der Waals surface area contributed by atoms with Gasteiger partial charge in [0.1, 0.15) is 0 Å². The summed E-state index contributed by atoms with van der Waals surface area (Å²) in [7, 11) is 0. The van der Waals surface area contributed by atoms with Crippen molar-refractivity contribution in [1.29, 1.82) is 0 Å². The van der Waals surface area contributed by atoms with E-state index in [-0.39, 0.29) is 0 Å². The Balaban J connectivity index is 5.49. The number of carbonyl (C=O) groups excluding carboxylic acids is 1. The van der Waals surface area contributed by atoms with E-state index in [0.29, 0.717) is 6.61 Å². The molecule has 0 rings (SSSR count). The van der Waals surface area contributed by atoms with E-state index in [4.69, 9.17) is 0 Å². The number of rotatable bonds is 2. The lowest BCUT2D eigenvalue weighted by Gasteiger charge is -1.90. The maximum atomic E-state index is 10.9. The minimum Gasteiger partial charge on any atom is -0.462 e. The van der Waals surface area contributed by atoms with Crippen molar-refractivity contribution < 1.29 is 9.53 Å². The van der Waals surface area contributed by atoms with Crippen LogP contribution in [0, 0.1) is 0 Å². The summed E-state index contributed by atoms with van der Waals surface area (Å²) in [4.78, 5) is 10.9. The predicted octanol–water partition coefficient (Wildman–Crippen LogP) is 3.22. The van der Waals surface area contributed by atoms with E-state index in [1.807, 2.05) is 0 Å². The van der Waals surface area contributed by atoms with Crippen LogP contribution in [0.2, 0.25) is 0 Å². The second-order valence-electron chi connectivity index (χ2n) is 2.97. The molecule has 0 radical (unpaired) electrons. The third-order valence-corrected chi connectivity index (χ3v) is 1.45. The largest absolute Gasteiger partial charge is 0.462 e. The molecule has 0 bridgehead atoms. The van der Waals surface area contributed by atoms with Crippen molar-refractivity contribution in [2.75, 3.05) is 6.61 Å². The molecule has 0 aromatic rings. The number of hydrogen-bond acceptors (Lipinski definition) is 2. The van der Waals surface area contributed by atoms with Crippen molar-refractivity contribution in [3.8, 4) is 0 Å². The Kier molecular flexibility index (Phi) is 12.8. The smallest absolute Gasteiger partial charge is 0.339 e. The second-order valence-corrected chi connectivity index (χ2v) is 2.97. The molecule has 0 aliphatic heterocycles. The summed E-state index contributed by atoms with van der Waals surface area (Å²) >= 11 is 0. The van der Waals surface area contributed by atoms with Crippen LogP contribution in [0.5, 0.6) is 0 Å². The summed E-state index contributed by atoms with van der Waals surface area (Å²) in [5, 5.41) is 0. The van der Waals surface area contributed by atoms with Crippen molar-refractivity contribution in [3.63, 3.8) is 0 Å². The quantitative estimate of drug-likeness (QED) is 0.444. The Morgan fingerprint density at radius 3 is 1.57 bits per heavy atom. The van der Waals surface area contributed by atoms with Crippen LogP contribution in [-0.2, 0) is 9.53 Å². The van der Waals surface area contributed by atoms with E-state index in [9.17, 15) is 4.79 Å². The van der Waals surface area contributed by atoms with E-state index in [1.165, 1.54) is 0 Å². The van der Waals surface area contributed by atoms with Gasteiger partial charge in [0.25, 0.3) is 0 Å². The van der Waals surface area contributed by atoms with E-state index < -0.39 is 5.97 Å². The van der Waals surface area contributed by atoms with Gasteiger partial charge in [-0.2, -0.15) is 0 Å². The van der Waals surface area contributed by atoms with Gasteiger partial charge in [-0.25, -0.2) is 4.79 Å². The molecule has 2 heteroatoms. The predicted molar refractivity (Wildman–Crippen MR) is 83.0 cm³/mol. The summed E-state index contributed by atoms with van der Waals surface area (Å²) in [6, 6.07) is 0. The van der Waals surface area contributed by atoms with Gasteiger partial charge < -0.3 is 4.74 Å². The first-order valence-corrected chi connectivity index (χ1v) is 6.08. The molecule has 0 aliphatic rings. The van der Waals surface area contributed by atoms with Crippen molar-refractivity contribution in [2.24, 2.45) is 0 Å². The summed E-state index contributed by atoms with van der Waals surface area (Å²) in [6.07, 6.45) is 1.10. The molecule has 0 saturated heterocycles. The first-order valence-electron chi connectivity index (χ1n) is 6.08. The maximum absolute atomic E-state index is 10.9. The zero-order valence-corrected chi connectivity index (χ0v) is 12.3. The number of hydrogen-bond donors (Lipinski definition) is 0. The molecular weight excluding hydrogens is 284 g/mol. The average molecular weight is 292 g/mol. The van der Waals surface area contributed by atoms with Gasteiger partial charge in [0.2, 0.25) is 0 Å². The standard InChI is InChI=1S/C21H8O2/c1-3-5-6-7-8-9-10-11-12-13-14-15-16-17-18-19-20-21(22)23-4-2/h20H,1,4H2,2H3. The zero-order valence-electron chi connectivity index (χ0n) is 12.3. The lowest BCUT2D eigenvalue weighted by Crippen LogP contribution is -1.97. The maximum Gasteiger partial charge on any atom is 0.339 e. The van der Waals surface area contributed by atoms with E-state index in [2.05, 4.69) is 103 Å². The van der Waals surface area contributed by atoms with E-state index >= 15 is 0 Å². The van der Waals surface area contributed by atoms with Gasteiger partial charge in [-0.15, -0.1) is 0 Å². The van der Waals surface area contributed by atoms with Crippen LogP contribution >= 0.6 is 0 Å². The Labute approximate surface area is 134 Å². The highest BCUT2D eigenvalue weighted by Crippen LogP contribution is 1.76. The Morgan fingerprint density at radius 1 is 0.783 bits per heavy atom. The highest BCUT2D eigenvalue weighted by molar-refractivity contribution is 5.81. The fraction of sp³-hybridized carbons (Fsp3) is 0.0952. The minimum absolute atomic E-state index is 0.306. The normalized spacial score (nSPS) is 5.09. The summed E-state index contributed by atoms with van der Waals surface area (Å²) < 4.78 is 4.64. The van der Waals surface area contributed by atoms with Crippen LogP contribution in [0.3, 0.4) is 0 Å². The molecule has 0 fully saturated rings. The van der Waals surface area contributed by atoms with Crippen molar-refractivity contribution >= 4 is 5.97 Å². The molecular formula is C21H8O2. The van der Waals surface area contributed by atoms with Crippen LogP contribution in [0.25, 0.3) is 0 Å². The third-order valence-electron chi connectivity index (χ3n) is 1.45. The van der Waals surface area contributed by atoms with E-state index in [0.717, 1.165) is 6.08 Å². The van der Waals surface area contributed by atoms with Crippen molar-refractivity contribution in [2.45, 2.75) is 6.92 Å². The summed E-state index contributed by atoms with van der Waals surface area (Å²) in [5.74, 6) is -0.498. The fourth-order valence-corrected chi connectivity index (χ4v) is 0.734. The van der Waals surface area contributed by atoms with Crippen molar-refractivity contribution in [3.05, 3.63) is 104 Å². The second kappa shape index (κ2) is 15.7. The lowest BCUT2D eigenvalue weighted by atomic mass is 10.6. The Morgan fingerprint density at radius 2 is 1.17 bits per heavy atom. The van der Waals surface area contributed by atoms with Crippen LogP contribution in [0.4, 0.5) is 0 Å². The Hall–Kier alpha value is -4.31. The fourth-order valence-electron chi connectivity index (χ4n) is 0.734. The Bertz CT molecular complexity index is 1060. The molecule has 0 aromatic heterocycles. The molecule has 0 N–H and O–H groups in total. The van der Waals surface area contributed by atoms with Gasteiger partial charge in [0, 0.05) is 0 Å². The molecule has 0 saturated carbocycles. The topological polar surface area (TPSA) is 26.3 Å². The summed E-state index contributed by atoms with van der Waals surface area (Å²) in [6.45, 7) is 5.31. The monoisotopic (exact) mass is 292 g/mol. The highest BCUT2D eigenvalue weighted by Gasteiger charge is 1.89. The minimum atomic E-state index is -0.498. The molecule has 0 aromatic carbocycles. The van der Waals surface area contributed by atoms with Gasteiger partial charge in [-0.1, -0.05) is 11.5 Å². The molecule has 2 nitrogen and oxygen atoms in total. The lowest BCUT2D eigenvalue weighted by molar-refractivity contribution is -0.137. The van der Waals surface area contributed by atoms with Crippen molar-refractivity contribution in [1.82, 2.24) is 0 Å². The molecule has 0 atom stereocenters. The number of ether oxygens (including phenoxy) is 1. The van der Waals surface area contributed by atoms with Crippen LogP contribution in [0.15, 0.2) is 104 Å². The molecule has 104 valence electrons. The van der Waals surface area contributed by atoms with Gasteiger partial charge in [0.15, 0.2) is 0 Å². The zero-order chi connectivity index (χ0) is 17.0. The molecule has 0 aliphatic carbocycles. The van der Waals surface area contributed by atoms with Gasteiger partial charge >= 0.3 is 5.97 Å². The van der Waals surface area contributed by atoms with Crippen LogP contribution in [-0.4, -0.2) is 12.6 Å². The van der Waals surface area contributed by atoms with Gasteiger partial charge in [-0.05, 0) is 93.7 Å². The molecule has 0 unspecified atom stereocenters. The molecule has 0 amide bonds. The summed E-state index contributed by atoms with van der Waals surface area (Å²) in [5.41, 5.74) is 39.2. The first-order chi connectivity index (χ1) is 11.3. The number of esters is 1. The average Bonchev–Trinajstić information content (AvgIpc) is 2.54. The highest BCUT2D eigenvalue weighted by atomic mass is 16.5. The van der Waals surface area contributed by atoms with Gasteiger partial charge in [-0.3, -0.25) is 0 Å². The molecule has 23 heavy (non-hydrogen) atoms. The van der Waals surface area contributed by atoms with Gasteiger partial charge in [0.05, 0.1) is 12.7 Å². The van der Waals surface area contributed by atoms with Crippen LogP contribution in [0.1, 0.15) is 6.92 Å². The first kappa shape index (κ1) is 18.7. The number of carbonyl (C=O) groups is 1. The van der Waals surface area contributed by atoms with E-state index in [1.54, 1.807) is 6.92 Å². The molecule has 0 heterocycles. The molecule has 0 spiro atoms. The van der Waals surface area contributed by atoms with Crippen LogP contribution < -0.4 is 0 Å².